The Morgan fingerprint density at radius 3 is 1.79 bits per heavy atom. The highest BCUT2D eigenvalue weighted by Crippen LogP contribution is 2.60. The first-order valence-corrected chi connectivity index (χ1v) is 14.3. The molecule has 1 saturated heterocycles. The molecule has 43 heavy (non-hydrogen) atoms. The van der Waals surface area contributed by atoms with Gasteiger partial charge in [0.05, 0.1) is 23.1 Å². The Balaban J connectivity index is 0.989. The number of nitrogens with zero attached hydrogens (tertiary/aromatic N) is 1. The molecular weight excluding hydrogens is 561 g/mol. The van der Waals surface area contributed by atoms with E-state index < -0.39 is 47.7 Å². The normalized spacial score (nSPS) is 21.7. The Kier molecular flexibility index (Phi) is 7.54. The van der Waals surface area contributed by atoms with Crippen LogP contribution in [0.3, 0.4) is 0 Å². The highest BCUT2D eigenvalue weighted by atomic mass is 19.4. The predicted octanol–water partition coefficient (Wildman–Crippen LogP) is 5.64. The van der Waals surface area contributed by atoms with Crippen molar-refractivity contribution in [3.8, 4) is 0 Å². The fourth-order valence-corrected chi connectivity index (χ4v) is 6.92. The minimum atomic E-state index is -4.64. The number of unbranched alkanes of at least 4 members (excludes halogenated alkanes) is 2. The van der Waals surface area contributed by atoms with E-state index in [-0.39, 0.29) is 36.6 Å². The fraction of sp³-hybridized carbons (Fsp3) is 0.333. The van der Waals surface area contributed by atoms with Gasteiger partial charge in [-0.1, -0.05) is 67.1 Å². The minimum absolute atomic E-state index is 0.00563. The summed E-state index contributed by atoms with van der Waals surface area (Å²) in [6.45, 7) is -0.454. The van der Waals surface area contributed by atoms with E-state index in [2.05, 4.69) is 29.6 Å². The van der Waals surface area contributed by atoms with E-state index in [9.17, 15) is 32.3 Å². The molecule has 7 rings (SSSR count). The SMILES string of the molecule is O=C(COC(=O)CCCCCN1C(=O)[C@@H]2C3c4ccccc4C(c4ccccc43)[C@H]2C1=O)Nc1ccccc1C(F)(F)F. The molecule has 4 aliphatic rings. The molecule has 0 spiro atoms. The van der Waals surface area contributed by atoms with E-state index in [1.54, 1.807) is 0 Å². The average Bonchev–Trinajstić information content (AvgIpc) is 3.25. The van der Waals surface area contributed by atoms with Crippen molar-refractivity contribution in [3.63, 3.8) is 0 Å². The number of alkyl halides is 3. The summed E-state index contributed by atoms with van der Waals surface area (Å²) in [4.78, 5) is 52.8. The van der Waals surface area contributed by atoms with Crippen molar-refractivity contribution in [2.24, 2.45) is 11.8 Å². The zero-order valence-electron chi connectivity index (χ0n) is 23.1. The molecule has 0 unspecified atom stereocenters. The van der Waals surface area contributed by atoms with Crippen molar-refractivity contribution in [2.45, 2.75) is 43.7 Å². The highest BCUT2D eigenvalue weighted by Gasteiger charge is 2.61. The number of halogens is 3. The summed E-state index contributed by atoms with van der Waals surface area (Å²) in [6, 6.07) is 20.7. The number of carbonyl (C=O) groups excluding carboxylic acids is 4. The van der Waals surface area contributed by atoms with E-state index >= 15 is 0 Å². The summed E-state index contributed by atoms with van der Waals surface area (Å²) >= 11 is 0. The molecule has 1 aliphatic heterocycles. The van der Waals surface area contributed by atoms with Crippen LogP contribution in [0, 0.1) is 11.8 Å². The van der Waals surface area contributed by atoms with Gasteiger partial charge in [0.15, 0.2) is 6.61 Å². The van der Waals surface area contributed by atoms with Crippen LogP contribution in [0.1, 0.15) is 65.3 Å². The van der Waals surface area contributed by atoms with Gasteiger partial charge in [0, 0.05) is 24.8 Å². The van der Waals surface area contributed by atoms with Crippen molar-refractivity contribution >= 4 is 29.4 Å². The van der Waals surface area contributed by atoms with Gasteiger partial charge >= 0.3 is 12.1 Å². The number of para-hydroxylation sites is 1. The van der Waals surface area contributed by atoms with Crippen LogP contribution in [-0.4, -0.2) is 41.7 Å². The standard InChI is InChI=1S/C33H29F3N2O5/c34-33(35,36)23-14-7-8-15-24(23)37-25(39)18-43-26(40)16-2-1-9-17-38-31(41)29-27-19-10-3-4-11-20(19)28(30(29)32(38)42)22-13-6-5-12-21(22)27/h3-8,10-15,27-30H,1-2,9,16-18H2,(H,37,39)/t27?,28?,29-,30-/m1/s1. The molecule has 0 aromatic heterocycles. The first-order chi connectivity index (χ1) is 20.7. The number of likely N-dealkylation sites (tertiary alicyclic amines) is 1. The van der Waals surface area contributed by atoms with Gasteiger partial charge in [0.1, 0.15) is 0 Å². The summed E-state index contributed by atoms with van der Waals surface area (Å²) in [7, 11) is 0. The molecule has 222 valence electrons. The summed E-state index contributed by atoms with van der Waals surface area (Å²) in [5.74, 6) is -2.99. The smallest absolute Gasteiger partial charge is 0.418 e. The Morgan fingerprint density at radius 1 is 0.744 bits per heavy atom. The fourth-order valence-electron chi connectivity index (χ4n) is 6.92. The Hall–Kier alpha value is -4.47. The molecule has 10 heteroatoms. The molecule has 1 fully saturated rings. The number of rotatable bonds is 9. The van der Waals surface area contributed by atoms with E-state index in [4.69, 9.17) is 4.74 Å². The van der Waals surface area contributed by atoms with Crippen molar-refractivity contribution in [2.75, 3.05) is 18.5 Å². The van der Waals surface area contributed by atoms with Crippen LogP contribution < -0.4 is 5.32 Å². The quantitative estimate of drug-likeness (QED) is 0.198. The van der Waals surface area contributed by atoms with E-state index in [0.717, 1.165) is 34.4 Å². The van der Waals surface area contributed by atoms with Crippen molar-refractivity contribution < 1.29 is 37.1 Å². The van der Waals surface area contributed by atoms with Crippen LogP contribution in [0.5, 0.6) is 0 Å². The lowest BCUT2D eigenvalue weighted by Gasteiger charge is -2.45. The number of amides is 3. The van der Waals surface area contributed by atoms with Crippen molar-refractivity contribution in [3.05, 3.63) is 101 Å². The third kappa shape index (κ3) is 5.19. The second-order valence-corrected chi connectivity index (χ2v) is 11.2. The van der Waals surface area contributed by atoms with Gasteiger partial charge in [0.2, 0.25) is 11.8 Å². The van der Waals surface area contributed by atoms with Gasteiger partial charge in [0.25, 0.3) is 5.91 Å². The first kappa shape index (κ1) is 28.6. The summed E-state index contributed by atoms with van der Waals surface area (Å²) in [5, 5.41) is 2.13. The molecule has 2 atom stereocenters. The third-order valence-electron chi connectivity index (χ3n) is 8.67. The summed E-state index contributed by atoms with van der Waals surface area (Å²) < 4.78 is 44.2. The van der Waals surface area contributed by atoms with E-state index in [0.29, 0.717) is 19.3 Å². The molecule has 3 aliphatic carbocycles. The molecule has 3 aromatic carbocycles. The largest absolute Gasteiger partial charge is 0.456 e. The van der Waals surface area contributed by atoms with Gasteiger partial charge in [-0.25, -0.2) is 0 Å². The molecule has 3 aromatic rings. The van der Waals surface area contributed by atoms with Crippen LogP contribution >= 0.6 is 0 Å². The number of imide groups is 1. The Morgan fingerprint density at radius 2 is 1.26 bits per heavy atom. The number of nitrogens with one attached hydrogen (secondary N) is 1. The summed E-state index contributed by atoms with van der Waals surface area (Å²) in [5.41, 5.74) is 3.06. The number of hydrogen-bond donors (Lipinski definition) is 1. The topological polar surface area (TPSA) is 92.8 Å². The number of ether oxygens (including phenoxy) is 1. The zero-order valence-corrected chi connectivity index (χ0v) is 23.1. The maximum absolute atomic E-state index is 13.6. The highest BCUT2D eigenvalue weighted by molar-refractivity contribution is 6.07. The third-order valence-corrected chi connectivity index (χ3v) is 8.67. The van der Waals surface area contributed by atoms with Gasteiger partial charge in [-0.3, -0.25) is 24.1 Å². The molecule has 0 radical (unpaired) electrons. The van der Waals surface area contributed by atoms with Crippen LogP contribution in [-0.2, 0) is 30.1 Å². The maximum Gasteiger partial charge on any atom is 0.418 e. The Labute approximate surface area is 246 Å². The monoisotopic (exact) mass is 590 g/mol. The minimum Gasteiger partial charge on any atom is -0.456 e. The number of benzene rings is 3. The number of hydrogen-bond acceptors (Lipinski definition) is 5. The lowest BCUT2D eigenvalue weighted by molar-refractivity contribution is -0.147. The van der Waals surface area contributed by atoms with E-state index in [1.807, 2.05) is 24.3 Å². The molecular formula is C33H29F3N2O5. The zero-order chi connectivity index (χ0) is 30.3. The van der Waals surface area contributed by atoms with Crippen LogP contribution in [0.15, 0.2) is 72.8 Å². The molecule has 1 heterocycles. The second kappa shape index (κ2) is 11.3. The number of anilines is 1. The summed E-state index contributed by atoms with van der Waals surface area (Å²) in [6.07, 6.45) is -3.19. The number of esters is 1. The molecule has 0 saturated carbocycles. The molecule has 3 amide bonds. The van der Waals surface area contributed by atoms with Crippen molar-refractivity contribution in [1.29, 1.82) is 0 Å². The second-order valence-electron chi connectivity index (χ2n) is 11.2. The van der Waals surface area contributed by atoms with Crippen LogP contribution in [0.2, 0.25) is 0 Å². The van der Waals surface area contributed by atoms with Gasteiger partial charge in [-0.15, -0.1) is 0 Å². The van der Waals surface area contributed by atoms with Gasteiger partial charge < -0.3 is 10.1 Å². The maximum atomic E-state index is 13.6. The Bertz CT molecular complexity index is 1490. The first-order valence-electron chi connectivity index (χ1n) is 14.3. The number of carbonyl (C=O) groups is 4. The average molecular weight is 591 g/mol. The van der Waals surface area contributed by atoms with Crippen LogP contribution in [0.4, 0.5) is 18.9 Å². The van der Waals surface area contributed by atoms with Crippen molar-refractivity contribution in [1.82, 2.24) is 4.90 Å². The lowest BCUT2D eigenvalue weighted by Crippen LogP contribution is -2.41. The molecule has 1 N–H and O–H groups in total. The molecule has 2 bridgehead atoms. The van der Waals surface area contributed by atoms with Crippen LogP contribution in [0.25, 0.3) is 0 Å². The molecule has 7 nitrogen and oxygen atoms in total. The predicted molar refractivity (Wildman–Crippen MR) is 150 cm³/mol. The lowest BCUT2D eigenvalue weighted by atomic mass is 9.55. The van der Waals surface area contributed by atoms with Gasteiger partial charge in [-0.05, 0) is 47.2 Å². The van der Waals surface area contributed by atoms with E-state index in [1.165, 1.54) is 17.0 Å². The van der Waals surface area contributed by atoms with Gasteiger partial charge in [-0.2, -0.15) is 13.2 Å².